The molecule has 0 aromatic carbocycles. The Morgan fingerprint density at radius 2 is 1.21 bits per heavy atom. The smallest absolute Gasteiger partial charge is 0.123 e. The number of unbranched alkanes of at least 4 members (excludes halogenated alkanes) is 6. The van der Waals surface area contributed by atoms with Gasteiger partial charge in [0.25, 0.3) is 0 Å². The third-order valence-electron chi connectivity index (χ3n) is 10.6. The first-order chi connectivity index (χ1) is 16.2. The van der Waals surface area contributed by atoms with Crippen molar-refractivity contribution in [3.63, 3.8) is 0 Å². The Bertz CT molecular complexity index is 503. The number of hydrogen-bond donors (Lipinski definition) is 0. The Labute approximate surface area is 207 Å². The maximum atomic E-state index is 12.8. The molecule has 3 fully saturated rings. The molecule has 0 radical (unpaired) electrons. The summed E-state index contributed by atoms with van der Waals surface area (Å²) in [7, 11) is 0. The average molecular weight is 459 g/mol. The van der Waals surface area contributed by atoms with Crippen LogP contribution in [-0.4, -0.2) is 6.29 Å². The molecular weight excluding hydrogens is 400 g/mol. The van der Waals surface area contributed by atoms with Gasteiger partial charge in [0, 0.05) is 5.92 Å². The maximum Gasteiger partial charge on any atom is 0.123 e. The lowest BCUT2D eigenvalue weighted by molar-refractivity contribution is -0.125. The molecule has 1 heteroatoms. The van der Waals surface area contributed by atoms with Crippen LogP contribution in [0, 0.1) is 35.0 Å². The van der Waals surface area contributed by atoms with Gasteiger partial charge in [-0.3, -0.25) is 0 Å². The molecule has 0 bridgehead atoms. The zero-order chi connectivity index (χ0) is 23.4. The first-order valence-corrected chi connectivity index (χ1v) is 15.7. The molecule has 0 heterocycles. The zero-order valence-corrected chi connectivity index (χ0v) is 22.6. The molecule has 0 N–H and O–H groups in total. The summed E-state index contributed by atoms with van der Waals surface area (Å²) in [6.45, 7) is 4.63. The van der Waals surface area contributed by atoms with Gasteiger partial charge in [-0.25, -0.2) is 0 Å². The van der Waals surface area contributed by atoms with Crippen molar-refractivity contribution in [1.29, 1.82) is 0 Å². The van der Waals surface area contributed by atoms with E-state index in [0.29, 0.717) is 17.3 Å². The Balaban J connectivity index is 1.57. The second-order valence-electron chi connectivity index (χ2n) is 12.7. The SMILES string of the molecule is CCCCCCCC1CCC(C(C=O)[C@]2(C3CCCCC3)CC[C@H](CCCCC)CC2)CC1. The highest BCUT2D eigenvalue weighted by Crippen LogP contribution is 2.57. The molecule has 0 aromatic rings. The minimum Gasteiger partial charge on any atom is -0.303 e. The lowest BCUT2D eigenvalue weighted by atomic mass is 9.51. The molecule has 1 unspecified atom stereocenters. The van der Waals surface area contributed by atoms with Crippen LogP contribution in [0.25, 0.3) is 0 Å². The lowest BCUT2D eigenvalue weighted by Gasteiger charge is -2.53. The predicted molar refractivity (Wildman–Crippen MR) is 143 cm³/mol. The standard InChI is InChI=1S/C32H58O/c1-3-5-7-8-11-15-27-18-20-29(21-19-27)31(26-33)32(30-16-12-9-13-17-30)24-22-28(23-25-32)14-10-6-4-2/h26-31H,3-25H2,1-2H3/t27?,28-,29?,31?,32+. The van der Waals surface area contributed by atoms with Crippen LogP contribution in [0.15, 0.2) is 0 Å². The Kier molecular flexibility index (Phi) is 12.3. The van der Waals surface area contributed by atoms with Crippen molar-refractivity contribution in [3.05, 3.63) is 0 Å². The lowest BCUT2D eigenvalue weighted by Crippen LogP contribution is -2.46. The molecule has 1 nitrogen and oxygen atoms in total. The molecule has 1 atom stereocenters. The summed E-state index contributed by atoms with van der Waals surface area (Å²) in [5.41, 5.74) is 0.362. The van der Waals surface area contributed by atoms with Gasteiger partial charge >= 0.3 is 0 Å². The first-order valence-electron chi connectivity index (χ1n) is 15.7. The summed E-state index contributed by atoms with van der Waals surface area (Å²) in [4.78, 5) is 12.8. The van der Waals surface area contributed by atoms with E-state index < -0.39 is 0 Å². The van der Waals surface area contributed by atoms with Gasteiger partial charge in [-0.1, -0.05) is 110 Å². The van der Waals surface area contributed by atoms with Gasteiger partial charge in [-0.2, -0.15) is 0 Å². The van der Waals surface area contributed by atoms with Crippen LogP contribution in [0.4, 0.5) is 0 Å². The molecule has 3 aliphatic rings. The number of rotatable bonds is 14. The van der Waals surface area contributed by atoms with E-state index in [-0.39, 0.29) is 0 Å². The zero-order valence-electron chi connectivity index (χ0n) is 22.6. The third-order valence-corrected chi connectivity index (χ3v) is 10.6. The molecule has 192 valence electrons. The first kappa shape index (κ1) is 27.3. The topological polar surface area (TPSA) is 17.1 Å². The molecule has 3 saturated carbocycles. The Hall–Kier alpha value is -0.330. The molecule has 33 heavy (non-hydrogen) atoms. The van der Waals surface area contributed by atoms with Crippen LogP contribution in [0.5, 0.6) is 0 Å². The average Bonchev–Trinajstić information content (AvgIpc) is 2.87. The van der Waals surface area contributed by atoms with Crippen molar-refractivity contribution in [2.75, 3.05) is 0 Å². The molecule has 0 saturated heterocycles. The summed E-state index contributed by atoms with van der Waals surface area (Å²) in [5, 5.41) is 0. The van der Waals surface area contributed by atoms with Crippen molar-refractivity contribution in [2.24, 2.45) is 35.0 Å². The van der Waals surface area contributed by atoms with Crippen LogP contribution in [-0.2, 0) is 4.79 Å². The van der Waals surface area contributed by atoms with Gasteiger partial charge in [0.05, 0.1) is 0 Å². The van der Waals surface area contributed by atoms with Crippen LogP contribution < -0.4 is 0 Å². The normalized spacial score (nSPS) is 32.5. The van der Waals surface area contributed by atoms with Crippen molar-refractivity contribution < 1.29 is 4.79 Å². The molecule has 0 amide bonds. The minimum absolute atomic E-state index is 0.362. The van der Waals surface area contributed by atoms with E-state index in [1.165, 1.54) is 154 Å². The monoisotopic (exact) mass is 458 g/mol. The Morgan fingerprint density at radius 3 is 1.82 bits per heavy atom. The van der Waals surface area contributed by atoms with E-state index in [9.17, 15) is 4.79 Å². The fourth-order valence-electron chi connectivity index (χ4n) is 8.47. The largest absolute Gasteiger partial charge is 0.303 e. The van der Waals surface area contributed by atoms with E-state index in [2.05, 4.69) is 13.8 Å². The van der Waals surface area contributed by atoms with Gasteiger partial charge < -0.3 is 4.79 Å². The fraction of sp³-hybridized carbons (Fsp3) is 0.969. The van der Waals surface area contributed by atoms with Gasteiger partial charge in [-0.15, -0.1) is 0 Å². The van der Waals surface area contributed by atoms with E-state index in [1.807, 2.05) is 0 Å². The quantitative estimate of drug-likeness (QED) is 0.187. The maximum absolute atomic E-state index is 12.8. The van der Waals surface area contributed by atoms with Crippen LogP contribution >= 0.6 is 0 Å². The number of carbonyl (C=O) groups is 1. The molecule has 0 aliphatic heterocycles. The Morgan fingerprint density at radius 1 is 0.667 bits per heavy atom. The van der Waals surface area contributed by atoms with E-state index >= 15 is 0 Å². The predicted octanol–water partition coefficient (Wildman–Crippen LogP) is 10.3. The summed E-state index contributed by atoms with van der Waals surface area (Å²) in [6.07, 6.45) is 33.8. The summed E-state index contributed by atoms with van der Waals surface area (Å²) < 4.78 is 0. The number of carbonyl (C=O) groups excluding carboxylic acids is 1. The molecule has 0 aromatic heterocycles. The summed E-state index contributed by atoms with van der Waals surface area (Å²) in [5.74, 6) is 3.80. The van der Waals surface area contributed by atoms with Crippen molar-refractivity contribution >= 4 is 6.29 Å². The van der Waals surface area contributed by atoms with Crippen molar-refractivity contribution in [2.45, 2.75) is 162 Å². The van der Waals surface area contributed by atoms with Crippen molar-refractivity contribution in [3.8, 4) is 0 Å². The van der Waals surface area contributed by atoms with E-state index in [1.54, 1.807) is 0 Å². The second-order valence-corrected chi connectivity index (χ2v) is 12.7. The van der Waals surface area contributed by atoms with Gasteiger partial charge in [-0.05, 0) is 80.5 Å². The van der Waals surface area contributed by atoms with Gasteiger partial charge in [0.15, 0.2) is 0 Å². The van der Waals surface area contributed by atoms with E-state index in [4.69, 9.17) is 0 Å². The number of aldehydes is 1. The fourth-order valence-corrected chi connectivity index (χ4v) is 8.47. The minimum atomic E-state index is 0.362. The summed E-state index contributed by atoms with van der Waals surface area (Å²) in [6, 6.07) is 0. The van der Waals surface area contributed by atoms with E-state index in [0.717, 1.165) is 17.8 Å². The summed E-state index contributed by atoms with van der Waals surface area (Å²) >= 11 is 0. The van der Waals surface area contributed by atoms with Crippen LogP contribution in [0.1, 0.15) is 162 Å². The molecule has 3 rings (SSSR count). The molecule has 0 spiro atoms. The third kappa shape index (κ3) is 7.83. The highest BCUT2D eigenvalue weighted by Gasteiger charge is 2.49. The molecular formula is C32H58O. The second kappa shape index (κ2) is 14.9. The van der Waals surface area contributed by atoms with Crippen LogP contribution in [0.3, 0.4) is 0 Å². The highest BCUT2D eigenvalue weighted by atomic mass is 16.1. The molecule has 3 aliphatic carbocycles. The van der Waals surface area contributed by atoms with Gasteiger partial charge in [0.1, 0.15) is 6.29 Å². The van der Waals surface area contributed by atoms with Crippen LogP contribution in [0.2, 0.25) is 0 Å². The van der Waals surface area contributed by atoms with Crippen molar-refractivity contribution in [1.82, 2.24) is 0 Å². The number of hydrogen-bond acceptors (Lipinski definition) is 1. The highest BCUT2D eigenvalue weighted by molar-refractivity contribution is 5.56. The van der Waals surface area contributed by atoms with Gasteiger partial charge in [0.2, 0.25) is 0 Å².